The third-order valence-corrected chi connectivity index (χ3v) is 9.01. The van der Waals surface area contributed by atoms with E-state index in [2.05, 4.69) is 144 Å². The molecule has 0 radical (unpaired) electrons. The molecule has 0 saturated heterocycles. The second-order valence-electron chi connectivity index (χ2n) is 11.9. The number of hydrogen-bond acceptors (Lipinski definition) is 2. The highest BCUT2D eigenvalue weighted by molar-refractivity contribution is 6.21. The molecule has 0 amide bonds. The Labute approximate surface area is 273 Å². The van der Waals surface area contributed by atoms with Gasteiger partial charge in [0, 0.05) is 33.2 Å². The molecule has 0 spiro atoms. The summed E-state index contributed by atoms with van der Waals surface area (Å²) >= 11 is 0. The Morgan fingerprint density at radius 2 is 0.915 bits per heavy atom. The van der Waals surface area contributed by atoms with Gasteiger partial charge in [0.2, 0.25) is 0 Å². The molecule has 0 saturated carbocycles. The van der Waals surface area contributed by atoms with Crippen LogP contribution in [-0.2, 0) is 0 Å². The molecule has 0 unspecified atom stereocenters. The van der Waals surface area contributed by atoms with E-state index in [0.717, 1.165) is 39.6 Å². The van der Waals surface area contributed by atoms with Crippen LogP contribution in [0.4, 0.5) is 0 Å². The molecule has 0 fully saturated rings. The lowest BCUT2D eigenvalue weighted by Crippen LogP contribution is -1.97. The minimum Gasteiger partial charge on any atom is -0.309 e. The van der Waals surface area contributed by atoms with E-state index in [-0.39, 0.29) is 0 Å². The topological polar surface area (TPSA) is 30.7 Å². The Morgan fingerprint density at radius 1 is 0.362 bits per heavy atom. The van der Waals surface area contributed by atoms with Crippen LogP contribution in [0, 0.1) is 0 Å². The monoisotopic (exact) mass is 599 g/mol. The van der Waals surface area contributed by atoms with Crippen molar-refractivity contribution in [2.24, 2.45) is 0 Å². The normalized spacial score (nSPS) is 11.4. The largest absolute Gasteiger partial charge is 0.309 e. The van der Waals surface area contributed by atoms with Gasteiger partial charge < -0.3 is 4.57 Å². The highest BCUT2D eigenvalue weighted by atomic mass is 15.0. The standard InChI is InChI=1S/C44H29N3/c1-4-12-30(13-5-1)35-21-20-31-24-27-42-43(38(31)28-35)37-18-10-11-19-41(37)47(42)36-25-22-33(23-26-36)40-29-39(32-14-6-2-7-15-32)45-44(46-40)34-16-8-3-9-17-34/h1-29H. The highest BCUT2D eigenvalue weighted by Gasteiger charge is 2.16. The molecule has 0 N–H and O–H groups in total. The maximum Gasteiger partial charge on any atom is 0.160 e. The Kier molecular flexibility index (Phi) is 6.46. The summed E-state index contributed by atoms with van der Waals surface area (Å²) in [5.41, 5.74) is 10.8. The molecule has 0 bridgehead atoms. The zero-order chi connectivity index (χ0) is 31.2. The molecule has 0 aliphatic carbocycles. The number of hydrogen-bond donors (Lipinski definition) is 0. The van der Waals surface area contributed by atoms with Gasteiger partial charge in [-0.2, -0.15) is 0 Å². The molecular weight excluding hydrogens is 571 g/mol. The minimum absolute atomic E-state index is 0.718. The zero-order valence-corrected chi connectivity index (χ0v) is 25.6. The van der Waals surface area contributed by atoms with E-state index < -0.39 is 0 Å². The van der Waals surface area contributed by atoms with Crippen molar-refractivity contribution in [2.75, 3.05) is 0 Å². The van der Waals surface area contributed by atoms with Gasteiger partial charge in [-0.1, -0.05) is 140 Å². The van der Waals surface area contributed by atoms with Gasteiger partial charge in [0.15, 0.2) is 5.82 Å². The smallest absolute Gasteiger partial charge is 0.160 e. The molecule has 9 rings (SSSR count). The molecule has 3 heteroatoms. The first-order valence-electron chi connectivity index (χ1n) is 15.9. The second-order valence-corrected chi connectivity index (χ2v) is 11.9. The van der Waals surface area contributed by atoms with Gasteiger partial charge in [0.05, 0.1) is 22.4 Å². The Hall–Kier alpha value is -6.32. The van der Waals surface area contributed by atoms with E-state index in [1.165, 1.54) is 43.7 Å². The lowest BCUT2D eigenvalue weighted by molar-refractivity contribution is 1.17. The van der Waals surface area contributed by atoms with Crippen molar-refractivity contribution in [3.8, 4) is 50.7 Å². The predicted molar refractivity (Wildman–Crippen MR) is 196 cm³/mol. The van der Waals surface area contributed by atoms with Crippen LogP contribution in [0.2, 0.25) is 0 Å². The van der Waals surface area contributed by atoms with Crippen LogP contribution in [0.25, 0.3) is 83.3 Å². The fourth-order valence-corrected chi connectivity index (χ4v) is 6.73. The number of para-hydroxylation sites is 1. The van der Waals surface area contributed by atoms with E-state index in [4.69, 9.17) is 9.97 Å². The quantitative estimate of drug-likeness (QED) is 0.197. The number of benzene rings is 7. The molecular formula is C44H29N3. The second kappa shape index (κ2) is 11.2. The zero-order valence-electron chi connectivity index (χ0n) is 25.6. The molecule has 0 atom stereocenters. The summed E-state index contributed by atoms with van der Waals surface area (Å²) in [4.78, 5) is 10.0. The third-order valence-electron chi connectivity index (χ3n) is 9.01. The molecule has 7 aromatic carbocycles. The van der Waals surface area contributed by atoms with Crippen LogP contribution in [0.5, 0.6) is 0 Å². The lowest BCUT2D eigenvalue weighted by Gasteiger charge is -2.12. The Balaban J connectivity index is 1.19. The van der Waals surface area contributed by atoms with Gasteiger partial charge in [-0.05, 0) is 58.3 Å². The first-order valence-corrected chi connectivity index (χ1v) is 15.9. The van der Waals surface area contributed by atoms with Crippen molar-refractivity contribution < 1.29 is 0 Å². The highest BCUT2D eigenvalue weighted by Crippen LogP contribution is 2.39. The average Bonchev–Trinajstić information content (AvgIpc) is 3.50. The van der Waals surface area contributed by atoms with E-state index in [1.807, 2.05) is 36.4 Å². The van der Waals surface area contributed by atoms with Crippen molar-refractivity contribution >= 4 is 32.6 Å². The van der Waals surface area contributed by atoms with E-state index in [0.29, 0.717) is 0 Å². The molecule has 0 aliphatic rings. The molecule has 2 heterocycles. The van der Waals surface area contributed by atoms with Gasteiger partial charge in [-0.15, -0.1) is 0 Å². The molecule has 9 aromatic rings. The van der Waals surface area contributed by atoms with Crippen molar-refractivity contribution in [3.63, 3.8) is 0 Å². The maximum absolute atomic E-state index is 5.04. The van der Waals surface area contributed by atoms with E-state index >= 15 is 0 Å². The average molecular weight is 600 g/mol. The van der Waals surface area contributed by atoms with Crippen LogP contribution in [0.3, 0.4) is 0 Å². The summed E-state index contributed by atoms with van der Waals surface area (Å²) in [6, 6.07) is 62.0. The van der Waals surface area contributed by atoms with Gasteiger partial charge >= 0.3 is 0 Å². The fraction of sp³-hybridized carbons (Fsp3) is 0. The molecule has 0 aliphatic heterocycles. The molecule has 3 nitrogen and oxygen atoms in total. The Morgan fingerprint density at radius 3 is 1.62 bits per heavy atom. The Bertz CT molecular complexity index is 2480. The van der Waals surface area contributed by atoms with Crippen molar-refractivity contribution in [2.45, 2.75) is 0 Å². The summed E-state index contributed by atoms with van der Waals surface area (Å²) < 4.78 is 2.38. The summed E-state index contributed by atoms with van der Waals surface area (Å²) in [5, 5.41) is 5.02. The summed E-state index contributed by atoms with van der Waals surface area (Å²) in [6.45, 7) is 0. The molecule has 220 valence electrons. The molecule has 47 heavy (non-hydrogen) atoms. The summed E-state index contributed by atoms with van der Waals surface area (Å²) in [6.07, 6.45) is 0. The van der Waals surface area contributed by atoms with Crippen molar-refractivity contribution in [1.29, 1.82) is 0 Å². The first-order chi connectivity index (χ1) is 23.3. The summed E-state index contributed by atoms with van der Waals surface area (Å²) in [7, 11) is 0. The van der Waals surface area contributed by atoms with E-state index in [1.54, 1.807) is 0 Å². The van der Waals surface area contributed by atoms with Crippen LogP contribution in [0.15, 0.2) is 176 Å². The van der Waals surface area contributed by atoms with Crippen LogP contribution in [-0.4, -0.2) is 14.5 Å². The SMILES string of the molecule is c1ccc(-c2ccc3ccc4c(c3c2)c2ccccc2n4-c2ccc(-c3cc(-c4ccccc4)nc(-c4ccccc4)n3)cc2)cc1. The van der Waals surface area contributed by atoms with Crippen LogP contribution >= 0.6 is 0 Å². The predicted octanol–water partition coefficient (Wildman–Crippen LogP) is 11.4. The number of nitrogens with zero attached hydrogens (tertiary/aromatic N) is 3. The maximum atomic E-state index is 5.04. The van der Waals surface area contributed by atoms with Gasteiger partial charge in [-0.3, -0.25) is 0 Å². The number of rotatable bonds is 5. The number of aromatic nitrogens is 3. The van der Waals surface area contributed by atoms with Crippen molar-refractivity contribution in [1.82, 2.24) is 14.5 Å². The van der Waals surface area contributed by atoms with Gasteiger partial charge in [-0.25, -0.2) is 9.97 Å². The number of fused-ring (bicyclic) bond motifs is 5. The van der Waals surface area contributed by atoms with Gasteiger partial charge in [0.1, 0.15) is 0 Å². The van der Waals surface area contributed by atoms with Crippen LogP contribution < -0.4 is 0 Å². The van der Waals surface area contributed by atoms with Crippen LogP contribution in [0.1, 0.15) is 0 Å². The third kappa shape index (κ3) is 4.77. The first kappa shape index (κ1) is 27.0. The minimum atomic E-state index is 0.718. The van der Waals surface area contributed by atoms with E-state index in [9.17, 15) is 0 Å². The fourth-order valence-electron chi connectivity index (χ4n) is 6.73. The van der Waals surface area contributed by atoms with Crippen molar-refractivity contribution in [3.05, 3.63) is 176 Å². The lowest BCUT2D eigenvalue weighted by atomic mass is 9.98. The summed E-state index contributed by atoms with van der Waals surface area (Å²) in [5.74, 6) is 0.718. The molecule has 2 aromatic heterocycles. The van der Waals surface area contributed by atoms with Gasteiger partial charge in [0.25, 0.3) is 0 Å².